The van der Waals surface area contributed by atoms with Crippen LogP contribution in [-0.4, -0.2) is 19.1 Å². The van der Waals surface area contributed by atoms with Gasteiger partial charge in [-0.25, -0.2) is 9.97 Å². The Hall–Kier alpha value is -6.63. The van der Waals surface area contributed by atoms with Crippen LogP contribution in [0.25, 0.3) is 100 Å². The van der Waals surface area contributed by atoms with Gasteiger partial charge in [-0.2, -0.15) is 0 Å². The van der Waals surface area contributed by atoms with Gasteiger partial charge in [-0.15, -0.1) is 0 Å². The van der Waals surface area contributed by atoms with Crippen LogP contribution in [0.5, 0.6) is 0 Å². The third kappa shape index (κ3) is 4.17. The van der Waals surface area contributed by atoms with Gasteiger partial charge in [-0.05, 0) is 36.4 Å². The molecule has 0 radical (unpaired) electrons. The summed E-state index contributed by atoms with van der Waals surface area (Å²) < 4.78 is 16.9. The third-order valence-electron chi connectivity index (χ3n) is 9.81. The Labute approximate surface area is 295 Å². The third-order valence-corrected chi connectivity index (χ3v) is 10.2. The largest absolute Gasteiger partial charge is 0.456 e. The minimum atomic E-state index is 0.569. The molecule has 0 bridgehead atoms. The number of halogens is 1. The van der Waals surface area contributed by atoms with Gasteiger partial charge in [0.15, 0.2) is 0 Å². The first-order chi connectivity index (χ1) is 25.2. The number of hydrogen-bond donors (Lipinski definition) is 0. The molecule has 7 aromatic carbocycles. The normalized spacial score (nSPS) is 12.0. The summed E-state index contributed by atoms with van der Waals surface area (Å²) in [4.78, 5) is 10.4. The fourth-order valence-electron chi connectivity index (χ4n) is 7.49. The summed E-state index contributed by atoms with van der Waals surface area (Å²) in [6, 6.07) is 51.2. The first kappa shape index (κ1) is 28.2. The zero-order chi connectivity index (χ0) is 33.6. The van der Waals surface area contributed by atoms with Gasteiger partial charge in [-0.3, -0.25) is 9.13 Å². The molecule has 0 saturated carbocycles. The molecule has 0 aliphatic heterocycles. The lowest BCUT2D eigenvalue weighted by atomic mass is 10.1. The van der Waals surface area contributed by atoms with Gasteiger partial charge < -0.3 is 8.83 Å². The lowest BCUT2D eigenvalue weighted by Gasteiger charge is -2.17. The number of fused-ring (bicyclic) bond motifs is 8. The van der Waals surface area contributed by atoms with E-state index in [1.807, 2.05) is 84.9 Å². The highest BCUT2D eigenvalue weighted by Crippen LogP contribution is 2.41. The molecule has 0 amide bonds. The van der Waals surface area contributed by atoms with Crippen LogP contribution < -0.4 is 0 Å². The minimum absolute atomic E-state index is 0.569. The van der Waals surface area contributed by atoms with Crippen molar-refractivity contribution >= 4 is 77.5 Å². The molecule has 11 rings (SSSR count). The molecule has 0 unspecified atom stereocenters. The molecule has 4 aromatic heterocycles. The van der Waals surface area contributed by atoms with Crippen molar-refractivity contribution < 1.29 is 8.83 Å². The Morgan fingerprint density at radius 3 is 1.31 bits per heavy atom. The standard InChI is InChI=1S/C44H25ClN4O2/c45-42-34(48-36-22-30-28-16-7-9-20-38(28)50-40(30)24-32(36)46-43(48)26-12-3-1-4-13-26)18-11-19-35(42)49-37-23-31-29-17-8-10-21-39(29)51-41(31)25-33(37)47-44(49)27-14-5-2-6-15-27/h1-25H. The first-order valence-corrected chi connectivity index (χ1v) is 17.1. The Morgan fingerprint density at radius 1 is 0.412 bits per heavy atom. The van der Waals surface area contributed by atoms with Crippen LogP contribution in [0.4, 0.5) is 0 Å². The first-order valence-electron chi connectivity index (χ1n) is 16.8. The van der Waals surface area contributed by atoms with E-state index in [2.05, 4.69) is 75.9 Å². The van der Waals surface area contributed by atoms with E-state index < -0.39 is 0 Å². The summed E-state index contributed by atoms with van der Waals surface area (Å²) >= 11 is 7.66. The van der Waals surface area contributed by atoms with Gasteiger partial charge in [0, 0.05) is 44.8 Å². The molecule has 0 aliphatic rings. The fourth-order valence-corrected chi connectivity index (χ4v) is 7.79. The van der Waals surface area contributed by atoms with Gasteiger partial charge in [0.05, 0.1) is 38.5 Å². The maximum Gasteiger partial charge on any atom is 0.145 e. The van der Waals surface area contributed by atoms with E-state index >= 15 is 0 Å². The fraction of sp³-hybridized carbons (Fsp3) is 0. The van der Waals surface area contributed by atoms with E-state index in [1.54, 1.807) is 0 Å². The Morgan fingerprint density at radius 2 is 0.843 bits per heavy atom. The van der Waals surface area contributed by atoms with Crippen molar-refractivity contribution in [3.8, 4) is 34.2 Å². The lowest BCUT2D eigenvalue weighted by molar-refractivity contribution is 0.669. The smallest absolute Gasteiger partial charge is 0.145 e. The average Bonchev–Trinajstić information content (AvgIpc) is 3.93. The lowest BCUT2D eigenvalue weighted by Crippen LogP contribution is -2.04. The second-order valence-corrected chi connectivity index (χ2v) is 13.1. The van der Waals surface area contributed by atoms with Crippen molar-refractivity contribution in [2.75, 3.05) is 0 Å². The van der Waals surface area contributed by atoms with Gasteiger partial charge in [0.2, 0.25) is 0 Å². The summed E-state index contributed by atoms with van der Waals surface area (Å²) in [5, 5.41) is 4.72. The Kier molecular flexibility index (Phi) is 5.91. The van der Waals surface area contributed by atoms with Crippen molar-refractivity contribution in [2.24, 2.45) is 0 Å². The summed E-state index contributed by atoms with van der Waals surface area (Å²) in [6.45, 7) is 0. The van der Waals surface area contributed by atoms with Crippen LogP contribution in [0.3, 0.4) is 0 Å². The summed E-state index contributed by atoms with van der Waals surface area (Å²) in [5.41, 5.74) is 10.3. The van der Waals surface area contributed by atoms with Crippen LogP contribution >= 0.6 is 11.6 Å². The Bertz CT molecular complexity index is 2940. The quantitative estimate of drug-likeness (QED) is 0.186. The second-order valence-electron chi connectivity index (χ2n) is 12.8. The topological polar surface area (TPSA) is 61.9 Å². The zero-order valence-corrected chi connectivity index (χ0v) is 27.7. The van der Waals surface area contributed by atoms with Gasteiger partial charge in [0.1, 0.15) is 34.0 Å². The molecule has 0 aliphatic carbocycles. The van der Waals surface area contributed by atoms with E-state index in [0.717, 1.165) is 100 Å². The van der Waals surface area contributed by atoms with Gasteiger partial charge >= 0.3 is 0 Å². The molecule has 7 heteroatoms. The van der Waals surface area contributed by atoms with Crippen LogP contribution in [0.15, 0.2) is 160 Å². The molecular weight excluding hydrogens is 652 g/mol. The van der Waals surface area contributed by atoms with Crippen molar-refractivity contribution in [3.63, 3.8) is 0 Å². The zero-order valence-electron chi connectivity index (χ0n) is 26.9. The number of rotatable bonds is 4. The predicted octanol–water partition coefficient (Wildman–Crippen LogP) is 12.2. The van der Waals surface area contributed by atoms with Crippen molar-refractivity contribution in [1.29, 1.82) is 0 Å². The number of furan rings is 2. The molecule has 0 saturated heterocycles. The molecule has 0 atom stereocenters. The monoisotopic (exact) mass is 676 g/mol. The van der Waals surface area contributed by atoms with E-state index in [1.165, 1.54) is 0 Å². The number of para-hydroxylation sites is 2. The summed E-state index contributed by atoms with van der Waals surface area (Å²) in [7, 11) is 0. The molecule has 0 fully saturated rings. The van der Waals surface area contributed by atoms with Crippen LogP contribution in [-0.2, 0) is 0 Å². The van der Waals surface area contributed by atoms with Crippen molar-refractivity contribution in [1.82, 2.24) is 19.1 Å². The highest BCUT2D eigenvalue weighted by atomic mass is 35.5. The molecule has 11 aromatic rings. The molecule has 51 heavy (non-hydrogen) atoms. The molecule has 0 N–H and O–H groups in total. The highest BCUT2D eigenvalue weighted by molar-refractivity contribution is 6.34. The maximum atomic E-state index is 7.66. The van der Waals surface area contributed by atoms with Crippen LogP contribution in [0.2, 0.25) is 5.02 Å². The Balaban J connectivity index is 1.22. The summed E-state index contributed by atoms with van der Waals surface area (Å²) in [6.07, 6.45) is 0. The van der Waals surface area contributed by atoms with Crippen LogP contribution in [0, 0.1) is 0 Å². The molecule has 6 nitrogen and oxygen atoms in total. The predicted molar refractivity (Wildman–Crippen MR) is 206 cm³/mol. The van der Waals surface area contributed by atoms with Gasteiger partial charge in [-0.1, -0.05) is 115 Å². The van der Waals surface area contributed by atoms with Crippen LogP contribution in [0.1, 0.15) is 0 Å². The van der Waals surface area contributed by atoms with Crippen molar-refractivity contribution in [2.45, 2.75) is 0 Å². The molecule has 0 spiro atoms. The number of nitrogens with zero attached hydrogens (tertiary/aromatic N) is 4. The molecular formula is C44H25ClN4O2. The van der Waals surface area contributed by atoms with E-state index in [0.29, 0.717) is 5.02 Å². The maximum absolute atomic E-state index is 7.66. The minimum Gasteiger partial charge on any atom is -0.456 e. The van der Waals surface area contributed by atoms with Gasteiger partial charge in [0.25, 0.3) is 0 Å². The summed E-state index contributed by atoms with van der Waals surface area (Å²) in [5.74, 6) is 1.57. The number of imidazole rings is 2. The number of hydrogen-bond acceptors (Lipinski definition) is 4. The average molecular weight is 677 g/mol. The molecule has 240 valence electrons. The number of benzene rings is 7. The SMILES string of the molecule is Clc1c(-n2c(-c3ccccc3)nc3cc4oc5ccccc5c4cc32)cccc1-n1c(-c2ccccc2)nc2cc3oc4ccccc4c3cc21. The highest BCUT2D eigenvalue weighted by Gasteiger charge is 2.24. The second kappa shape index (κ2) is 10.7. The van der Waals surface area contributed by atoms with Crippen molar-refractivity contribution in [3.05, 3.63) is 157 Å². The molecule has 4 heterocycles. The van der Waals surface area contributed by atoms with E-state index in [9.17, 15) is 0 Å². The van der Waals surface area contributed by atoms with E-state index in [4.69, 9.17) is 30.4 Å². The van der Waals surface area contributed by atoms with E-state index in [-0.39, 0.29) is 0 Å². The number of aromatic nitrogens is 4.